The Kier molecular flexibility index (Phi) is 5.63. The van der Waals surface area contributed by atoms with Crippen LogP contribution in [-0.2, 0) is 4.74 Å². The highest BCUT2D eigenvalue weighted by Crippen LogP contribution is 2.28. The van der Waals surface area contributed by atoms with Crippen LogP contribution < -0.4 is 5.73 Å². The van der Waals surface area contributed by atoms with Crippen molar-refractivity contribution in [2.45, 2.75) is 37.5 Å². The Morgan fingerprint density at radius 1 is 1.33 bits per heavy atom. The number of nitrogens with zero attached hydrogens (tertiary/aromatic N) is 1. The number of hydrogen-bond acceptors (Lipinski definition) is 4. The second kappa shape index (κ2) is 7.07. The Hall–Kier alpha value is -0.650. The molecule has 2 unspecified atom stereocenters. The number of rotatable bonds is 5. The zero-order valence-corrected chi connectivity index (χ0v) is 13.5. The van der Waals surface area contributed by atoms with Crippen molar-refractivity contribution in [1.29, 1.82) is 0 Å². The summed E-state index contributed by atoms with van der Waals surface area (Å²) in [5.41, 5.74) is 6.61. The zero-order chi connectivity index (χ0) is 15.5. The first kappa shape index (κ1) is 16.7. The third-order valence-corrected chi connectivity index (χ3v) is 4.40. The van der Waals surface area contributed by atoms with Crippen LogP contribution in [0.3, 0.4) is 0 Å². The Morgan fingerprint density at radius 2 is 1.90 bits per heavy atom. The van der Waals surface area contributed by atoms with Gasteiger partial charge in [-0.25, -0.2) is 0 Å². The molecule has 4 nitrogen and oxygen atoms in total. The Balaban J connectivity index is 2.12. The van der Waals surface area contributed by atoms with E-state index < -0.39 is 5.60 Å². The summed E-state index contributed by atoms with van der Waals surface area (Å²) in [6.45, 7) is 3.82. The van der Waals surface area contributed by atoms with E-state index >= 15 is 0 Å². The van der Waals surface area contributed by atoms with E-state index in [1.165, 1.54) is 0 Å². The molecule has 2 rings (SSSR count). The predicted octanol–water partition coefficient (Wildman–Crippen LogP) is 2.20. The molecular formula is C16H25ClN2O2. The molecule has 118 valence electrons. The van der Waals surface area contributed by atoms with Crippen LogP contribution in [0.15, 0.2) is 24.3 Å². The predicted molar refractivity (Wildman–Crippen MR) is 85.5 cm³/mol. The highest BCUT2D eigenvalue weighted by molar-refractivity contribution is 6.30. The minimum Gasteiger partial charge on any atom is -0.388 e. The molecule has 1 fully saturated rings. The second-order valence-corrected chi connectivity index (χ2v) is 6.54. The van der Waals surface area contributed by atoms with E-state index in [1.807, 2.05) is 38.2 Å². The average molecular weight is 313 g/mol. The summed E-state index contributed by atoms with van der Waals surface area (Å²) in [5, 5.41) is 11.4. The van der Waals surface area contributed by atoms with Gasteiger partial charge in [-0.15, -0.1) is 0 Å². The van der Waals surface area contributed by atoms with E-state index in [9.17, 15) is 5.11 Å². The zero-order valence-electron chi connectivity index (χ0n) is 12.8. The molecule has 1 saturated heterocycles. The number of nitrogens with two attached hydrogens (primary N) is 1. The van der Waals surface area contributed by atoms with E-state index in [4.69, 9.17) is 22.1 Å². The van der Waals surface area contributed by atoms with Crippen molar-refractivity contribution >= 4 is 11.6 Å². The minimum atomic E-state index is -0.688. The molecule has 2 atom stereocenters. The summed E-state index contributed by atoms with van der Waals surface area (Å²) in [5.74, 6) is 0. The van der Waals surface area contributed by atoms with E-state index in [1.54, 1.807) is 0 Å². The molecule has 1 aliphatic rings. The van der Waals surface area contributed by atoms with Gasteiger partial charge in [-0.3, -0.25) is 4.90 Å². The lowest BCUT2D eigenvalue weighted by Gasteiger charge is -2.39. The number of ether oxygens (including phenoxy) is 1. The molecule has 0 aromatic heterocycles. The van der Waals surface area contributed by atoms with Gasteiger partial charge in [-0.2, -0.15) is 0 Å². The molecule has 0 amide bonds. The third-order valence-electron chi connectivity index (χ3n) is 4.15. The highest BCUT2D eigenvalue weighted by Gasteiger charge is 2.34. The smallest absolute Gasteiger partial charge is 0.0818 e. The topological polar surface area (TPSA) is 58.7 Å². The van der Waals surface area contributed by atoms with Gasteiger partial charge in [0.2, 0.25) is 0 Å². The van der Waals surface area contributed by atoms with Gasteiger partial charge in [0.05, 0.1) is 5.60 Å². The monoisotopic (exact) mass is 312 g/mol. The van der Waals surface area contributed by atoms with Crippen LogP contribution in [0.4, 0.5) is 0 Å². The molecule has 1 aromatic rings. The molecule has 0 aliphatic carbocycles. The standard InChI is InChI=1S/C16H25ClN2O2/c1-12(18)15(13-3-5-14(17)6-4-13)19(2)11-16(20)7-9-21-10-8-16/h3-6,12,15,20H,7-11,18H2,1-2H3. The Bertz CT molecular complexity index is 444. The van der Waals surface area contributed by atoms with Crippen molar-refractivity contribution in [3.63, 3.8) is 0 Å². The van der Waals surface area contributed by atoms with Gasteiger partial charge >= 0.3 is 0 Å². The van der Waals surface area contributed by atoms with Gasteiger partial charge in [0, 0.05) is 49.7 Å². The van der Waals surface area contributed by atoms with Crippen LogP contribution in [0.25, 0.3) is 0 Å². The summed E-state index contributed by atoms with van der Waals surface area (Å²) >= 11 is 5.95. The molecule has 1 aromatic carbocycles. The van der Waals surface area contributed by atoms with Crippen LogP contribution in [0, 0.1) is 0 Å². The minimum absolute atomic E-state index is 0.0420. The third kappa shape index (κ3) is 4.41. The quantitative estimate of drug-likeness (QED) is 0.875. The van der Waals surface area contributed by atoms with Gasteiger partial charge < -0.3 is 15.6 Å². The van der Waals surface area contributed by atoms with Crippen LogP contribution in [0.5, 0.6) is 0 Å². The maximum absolute atomic E-state index is 10.7. The van der Waals surface area contributed by atoms with E-state index in [0.29, 0.717) is 37.6 Å². The molecule has 0 saturated carbocycles. The summed E-state index contributed by atoms with van der Waals surface area (Å²) in [6, 6.07) is 7.77. The van der Waals surface area contributed by atoms with Crippen molar-refractivity contribution in [1.82, 2.24) is 4.90 Å². The second-order valence-electron chi connectivity index (χ2n) is 6.11. The van der Waals surface area contributed by atoms with Crippen molar-refractivity contribution in [3.8, 4) is 0 Å². The van der Waals surface area contributed by atoms with E-state index in [0.717, 1.165) is 5.56 Å². The van der Waals surface area contributed by atoms with E-state index in [-0.39, 0.29) is 12.1 Å². The molecule has 0 radical (unpaired) electrons. The average Bonchev–Trinajstić information content (AvgIpc) is 2.41. The molecule has 21 heavy (non-hydrogen) atoms. The molecule has 1 heterocycles. The lowest BCUT2D eigenvalue weighted by atomic mass is 9.91. The maximum atomic E-state index is 10.7. The SMILES string of the molecule is CC(N)C(c1ccc(Cl)cc1)N(C)CC1(O)CCOCC1. The van der Waals surface area contributed by atoms with E-state index in [2.05, 4.69) is 4.90 Å². The lowest BCUT2D eigenvalue weighted by Crippen LogP contribution is -2.49. The first-order valence-corrected chi connectivity index (χ1v) is 7.80. The number of hydrogen-bond donors (Lipinski definition) is 2. The van der Waals surface area contributed by atoms with Gasteiger partial charge in [0.15, 0.2) is 0 Å². The summed E-state index contributed by atoms with van der Waals surface area (Å²) in [7, 11) is 2.01. The Labute approximate surface area is 131 Å². The Morgan fingerprint density at radius 3 is 2.43 bits per heavy atom. The van der Waals surface area contributed by atoms with Crippen LogP contribution in [0.2, 0.25) is 5.02 Å². The fourth-order valence-electron chi connectivity index (χ4n) is 3.09. The maximum Gasteiger partial charge on any atom is 0.0818 e. The lowest BCUT2D eigenvalue weighted by molar-refractivity contribution is -0.0824. The summed E-state index contributed by atoms with van der Waals surface area (Å²) < 4.78 is 5.33. The number of halogens is 1. The molecule has 3 N–H and O–H groups in total. The first-order chi connectivity index (χ1) is 9.91. The molecule has 1 aliphatic heterocycles. The van der Waals surface area contributed by atoms with Gasteiger partial charge in [0.25, 0.3) is 0 Å². The first-order valence-electron chi connectivity index (χ1n) is 7.43. The van der Waals surface area contributed by atoms with Gasteiger partial charge in [-0.1, -0.05) is 23.7 Å². The van der Waals surface area contributed by atoms with Gasteiger partial charge in [0.1, 0.15) is 0 Å². The fraction of sp³-hybridized carbons (Fsp3) is 0.625. The van der Waals surface area contributed by atoms with Crippen molar-refractivity contribution in [2.24, 2.45) is 5.73 Å². The number of aliphatic hydroxyl groups is 1. The van der Waals surface area contributed by atoms with Crippen LogP contribution in [-0.4, -0.2) is 48.5 Å². The van der Waals surface area contributed by atoms with Gasteiger partial charge in [-0.05, 0) is 31.7 Å². The van der Waals surface area contributed by atoms with Crippen LogP contribution >= 0.6 is 11.6 Å². The van der Waals surface area contributed by atoms with Crippen molar-refractivity contribution < 1.29 is 9.84 Å². The van der Waals surface area contributed by atoms with Crippen LogP contribution in [0.1, 0.15) is 31.4 Å². The largest absolute Gasteiger partial charge is 0.388 e. The molecule has 5 heteroatoms. The highest BCUT2D eigenvalue weighted by atomic mass is 35.5. The summed E-state index contributed by atoms with van der Waals surface area (Å²) in [4.78, 5) is 2.14. The fourth-order valence-corrected chi connectivity index (χ4v) is 3.22. The molecule has 0 spiro atoms. The molecule has 0 bridgehead atoms. The normalized spacial score (nSPS) is 21.2. The van der Waals surface area contributed by atoms with Crippen molar-refractivity contribution in [3.05, 3.63) is 34.9 Å². The number of benzene rings is 1. The van der Waals surface area contributed by atoms with Crippen molar-refractivity contribution in [2.75, 3.05) is 26.8 Å². The number of likely N-dealkylation sites (N-methyl/N-ethyl adjacent to an activating group) is 1. The molecular weight excluding hydrogens is 288 g/mol. The summed E-state index contributed by atoms with van der Waals surface area (Å²) in [6.07, 6.45) is 1.34.